The lowest BCUT2D eigenvalue weighted by atomic mass is 10.0. The minimum Gasteiger partial charge on any atom is -0.297 e. The van der Waals surface area contributed by atoms with E-state index in [2.05, 4.69) is 47.1 Å². The molecule has 0 bridgehead atoms. The molecular formula is C20H23N3. The lowest BCUT2D eigenvalue weighted by molar-refractivity contribution is 0.263. The Morgan fingerprint density at radius 1 is 1.13 bits per heavy atom. The van der Waals surface area contributed by atoms with Crippen molar-refractivity contribution in [3.8, 4) is 17.3 Å². The zero-order valence-corrected chi connectivity index (χ0v) is 14.1. The Bertz CT molecular complexity index is 711. The summed E-state index contributed by atoms with van der Waals surface area (Å²) in [4.78, 5) is 7.14. The lowest BCUT2D eigenvalue weighted by Gasteiger charge is -2.24. The first-order chi connectivity index (χ1) is 11.1. The second-order valence-corrected chi connectivity index (χ2v) is 6.44. The van der Waals surface area contributed by atoms with Gasteiger partial charge >= 0.3 is 0 Å². The molecule has 0 unspecified atom stereocenters. The number of hydrogen-bond donors (Lipinski definition) is 0. The average Bonchev–Trinajstić information content (AvgIpc) is 3.08. The number of likely N-dealkylation sites (tertiary alicyclic amines) is 1. The van der Waals surface area contributed by atoms with Crippen molar-refractivity contribution in [2.24, 2.45) is 0 Å². The molecular weight excluding hydrogens is 282 g/mol. The molecule has 1 fully saturated rings. The predicted molar refractivity (Wildman–Crippen MR) is 93.1 cm³/mol. The average molecular weight is 305 g/mol. The van der Waals surface area contributed by atoms with E-state index >= 15 is 0 Å². The fourth-order valence-corrected chi connectivity index (χ4v) is 3.42. The summed E-state index contributed by atoms with van der Waals surface area (Å²) in [5.41, 5.74) is 5.89. The number of aromatic nitrogens is 1. The molecule has 0 saturated carbocycles. The quantitative estimate of drug-likeness (QED) is 0.844. The monoisotopic (exact) mass is 305 g/mol. The van der Waals surface area contributed by atoms with E-state index in [0.29, 0.717) is 11.6 Å². The summed E-state index contributed by atoms with van der Waals surface area (Å²) in [5.74, 6) is 0. The van der Waals surface area contributed by atoms with Crippen LogP contribution in [0.25, 0.3) is 11.3 Å². The first-order valence-electron chi connectivity index (χ1n) is 8.33. The van der Waals surface area contributed by atoms with Crippen LogP contribution in [0.2, 0.25) is 0 Å². The summed E-state index contributed by atoms with van der Waals surface area (Å²) >= 11 is 0. The Hall–Kier alpha value is -2.18. The molecule has 2 heterocycles. The van der Waals surface area contributed by atoms with Crippen LogP contribution in [0.15, 0.2) is 30.3 Å². The molecule has 3 heteroatoms. The van der Waals surface area contributed by atoms with Crippen molar-refractivity contribution in [1.29, 1.82) is 5.26 Å². The van der Waals surface area contributed by atoms with E-state index in [0.717, 1.165) is 22.5 Å². The fourth-order valence-electron chi connectivity index (χ4n) is 3.42. The Labute approximate surface area is 138 Å². The van der Waals surface area contributed by atoms with Gasteiger partial charge in [-0.2, -0.15) is 5.26 Å². The molecule has 1 aromatic heterocycles. The van der Waals surface area contributed by atoms with Crippen LogP contribution >= 0.6 is 0 Å². The summed E-state index contributed by atoms with van der Waals surface area (Å²) in [6.45, 7) is 8.57. The van der Waals surface area contributed by atoms with E-state index in [9.17, 15) is 0 Å². The van der Waals surface area contributed by atoms with Gasteiger partial charge in [0.2, 0.25) is 0 Å². The fraction of sp³-hybridized carbons (Fsp3) is 0.400. The number of rotatable bonds is 3. The van der Waals surface area contributed by atoms with Gasteiger partial charge in [0.05, 0.1) is 17.0 Å². The largest absolute Gasteiger partial charge is 0.297 e. The van der Waals surface area contributed by atoms with Crippen LogP contribution in [0, 0.1) is 25.2 Å². The normalized spacial score (nSPS) is 16.3. The smallest absolute Gasteiger partial charge is 0.101 e. The molecule has 1 atom stereocenters. The SMILES string of the molecule is Cc1cc(-c2ccc([C@@H](C)N3CCCC3)cc2)nc(C)c1C#N. The zero-order chi connectivity index (χ0) is 16.4. The molecule has 2 aromatic rings. The van der Waals surface area contributed by atoms with Crippen LogP contribution in [-0.2, 0) is 0 Å². The molecule has 118 valence electrons. The van der Waals surface area contributed by atoms with Crippen LogP contribution in [0.1, 0.15) is 48.2 Å². The summed E-state index contributed by atoms with van der Waals surface area (Å²) in [7, 11) is 0. The summed E-state index contributed by atoms with van der Waals surface area (Å²) in [6.07, 6.45) is 2.63. The van der Waals surface area contributed by atoms with E-state index in [1.807, 2.05) is 19.9 Å². The number of pyridine rings is 1. The molecule has 3 nitrogen and oxygen atoms in total. The Balaban J connectivity index is 1.86. The van der Waals surface area contributed by atoms with Gasteiger partial charge in [0.25, 0.3) is 0 Å². The van der Waals surface area contributed by atoms with Crippen molar-refractivity contribution in [3.05, 3.63) is 52.7 Å². The summed E-state index contributed by atoms with van der Waals surface area (Å²) in [5, 5.41) is 9.17. The van der Waals surface area contributed by atoms with Crippen molar-refractivity contribution in [1.82, 2.24) is 9.88 Å². The maximum Gasteiger partial charge on any atom is 0.101 e. The van der Waals surface area contributed by atoms with E-state index in [-0.39, 0.29) is 0 Å². The van der Waals surface area contributed by atoms with Gasteiger partial charge in [-0.15, -0.1) is 0 Å². The topological polar surface area (TPSA) is 39.9 Å². The van der Waals surface area contributed by atoms with E-state index in [1.165, 1.54) is 31.5 Å². The van der Waals surface area contributed by atoms with Gasteiger partial charge in [-0.25, -0.2) is 0 Å². The highest BCUT2D eigenvalue weighted by molar-refractivity contribution is 5.62. The minimum absolute atomic E-state index is 0.476. The molecule has 23 heavy (non-hydrogen) atoms. The van der Waals surface area contributed by atoms with E-state index in [1.54, 1.807) is 0 Å². The van der Waals surface area contributed by atoms with E-state index < -0.39 is 0 Å². The number of nitriles is 1. The van der Waals surface area contributed by atoms with Crippen molar-refractivity contribution in [2.45, 2.75) is 39.7 Å². The third-order valence-electron chi connectivity index (χ3n) is 4.89. The van der Waals surface area contributed by atoms with E-state index in [4.69, 9.17) is 5.26 Å². The van der Waals surface area contributed by atoms with Crippen molar-refractivity contribution in [2.75, 3.05) is 13.1 Å². The molecule has 0 amide bonds. The lowest BCUT2D eigenvalue weighted by Crippen LogP contribution is -2.23. The minimum atomic E-state index is 0.476. The first-order valence-corrected chi connectivity index (χ1v) is 8.33. The number of hydrogen-bond acceptors (Lipinski definition) is 3. The van der Waals surface area contributed by atoms with Gasteiger partial charge in [0.15, 0.2) is 0 Å². The van der Waals surface area contributed by atoms with Crippen molar-refractivity contribution >= 4 is 0 Å². The third kappa shape index (κ3) is 3.13. The van der Waals surface area contributed by atoms with Crippen molar-refractivity contribution < 1.29 is 0 Å². The summed E-state index contributed by atoms with van der Waals surface area (Å²) < 4.78 is 0. The second kappa shape index (κ2) is 6.52. The van der Waals surface area contributed by atoms with Crippen LogP contribution in [-0.4, -0.2) is 23.0 Å². The van der Waals surface area contributed by atoms with Gasteiger partial charge < -0.3 is 0 Å². The molecule has 0 aliphatic carbocycles. The molecule has 0 spiro atoms. The third-order valence-corrected chi connectivity index (χ3v) is 4.89. The number of aryl methyl sites for hydroxylation is 2. The van der Waals surface area contributed by atoms with Crippen LogP contribution < -0.4 is 0 Å². The van der Waals surface area contributed by atoms with Gasteiger partial charge in [-0.05, 0) is 63.9 Å². The Morgan fingerprint density at radius 3 is 2.35 bits per heavy atom. The van der Waals surface area contributed by atoms with Gasteiger partial charge in [-0.1, -0.05) is 24.3 Å². The molecule has 3 rings (SSSR count). The van der Waals surface area contributed by atoms with Gasteiger partial charge in [0.1, 0.15) is 6.07 Å². The molecule has 0 N–H and O–H groups in total. The predicted octanol–water partition coefficient (Wildman–Crippen LogP) is 4.39. The highest BCUT2D eigenvalue weighted by atomic mass is 15.2. The number of benzene rings is 1. The van der Waals surface area contributed by atoms with Crippen molar-refractivity contribution in [3.63, 3.8) is 0 Å². The zero-order valence-electron chi connectivity index (χ0n) is 14.1. The molecule has 1 aliphatic heterocycles. The number of nitrogens with zero attached hydrogens (tertiary/aromatic N) is 3. The van der Waals surface area contributed by atoms with Gasteiger partial charge in [0, 0.05) is 11.6 Å². The standard InChI is InChI=1S/C20H23N3/c1-14-12-20(22-15(2)19(14)13-21)18-8-6-17(7-9-18)16(3)23-10-4-5-11-23/h6-9,12,16H,4-5,10-11H2,1-3H3/t16-/m1/s1. The van der Waals surface area contributed by atoms with Crippen LogP contribution in [0.4, 0.5) is 0 Å². The maximum absolute atomic E-state index is 9.17. The highest BCUT2D eigenvalue weighted by Gasteiger charge is 2.19. The Morgan fingerprint density at radius 2 is 1.78 bits per heavy atom. The maximum atomic E-state index is 9.17. The van der Waals surface area contributed by atoms with Crippen LogP contribution in [0.3, 0.4) is 0 Å². The molecule has 1 saturated heterocycles. The Kier molecular flexibility index (Phi) is 4.45. The second-order valence-electron chi connectivity index (χ2n) is 6.44. The molecule has 1 aromatic carbocycles. The highest BCUT2D eigenvalue weighted by Crippen LogP contribution is 2.27. The molecule has 1 aliphatic rings. The summed E-state index contributed by atoms with van der Waals surface area (Å²) in [6, 6.07) is 13.4. The molecule has 0 radical (unpaired) electrons. The van der Waals surface area contributed by atoms with Gasteiger partial charge in [-0.3, -0.25) is 9.88 Å². The first kappa shape index (κ1) is 15.7. The van der Waals surface area contributed by atoms with Crippen LogP contribution in [0.5, 0.6) is 0 Å².